The summed E-state index contributed by atoms with van der Waals surface area (Å²) >= 11 is 11.9. The fourth-order valence-electron chi connectivity index (χ4n) is 2.19. The summed E-state index contributed by atoms with van der Waals surface area (Å²) in [6.07, 6.45) is 3.40. The molecular formula is C17H14Cl2N2O3. The van der Waals surface area contributed by atoms with E-state index in [4.69, 9.17) is 32.7 Å². The van der Waals surface area contributed by atoms with Crippen LogP contribution < -0.4 is 4.74 Å². The van der Waals surface area contributed by atoms with Crippen molar-refractivity contribution in [1.82, 2.24) is 9.38 Å². The van der Waals surface area contributed by atoms with Crippen molar-refractivity contribution in [2.75, 3.05) is 6.61 Å². The largest absolute Gasteiger partial charge is 0.485 e. The van der Waals surface area contributed by atoms with Crippen LogP contribution in [0.5, 0.6) is 5.75 Å². The Balaban J connectivity index is 1.83. The molecule has 0 unspecified atom stereocenters. The van der Waals surface area contributed by atoms with Crippen LogP contribution in [-0.2, 0) is 11.3 Å². The first kappa shape index (κ1) is 16.6. The van der Waals surface area contributed by atoms with Gasteiger partial charge in [0.15, 0.2) is 17.1 Å². The van der Waals surface area contributed by atoms with Crippen molar-refractivity contribution in [3.63, 3.8) is 0 Å². The highest BCUT2D eigenvalue weighted by Crippen LogP contribution is 2.25. The van der Waals surface area contributed by atoms with E-state index in [1.54, 1.807) is 41.9 Å². The summed E-state index contributed by atoms with van der Waals surface area (Å²) in [7, 11) is 0. The number of hydrogen-bond acceptors (Lipinski definition) is 4. The molecule has 0 amide bonds. The Labute approximate surface area is 148 Å². The second-order valence-electron chi connectivity index (χ2n) is 4.99. The van der Waals surface area contributed by atoms with Gasteiger partial charge in [0.25, 0.3) is 0 Å². The summed E-state index contributed by atoms with van der Waals surface area (Å²) in [6.45, 7) is 2.35. The first-order chi connectivity index (χ1) is 11.6. The Kier molecular flexibility index (Phi) is 4.92. The molecule has 0 N–H and O–H groups in total. The molecular weight excluding hydrogens is 351 g/mol. The number of carbonyl (C=O) groups is 1. The molecule has 0 radical (unpaired) electrons. The number of esters is 1. The van der Waals surface area contributed by atoms with Crippen LogP contribution in [0.4, 0.5) is 0 Å². The van der Waals surface area contributed by atoms with E-state index in [9.17, 15) is 4.79 Å². The zero-order chi connectivity index (χ0) is 17.1. The van der Waals surface area contributed by atoms with Gasteiger partial charge in [0.1, 0.15) is 6.61 Å². The zero-order valence-corrected chi connectivity index (χ0v) is 14.3. The van der Waals surface area contributed by atoms with Gasteiger partial charge in [-0.3, -0.25) is 0 Å². The topological polar surface area (TPSA) is 52.8 Å². The Hall–Kier alpha value is -2.24. The summed E-state index contributed by atoms with van der Waals surface area (Å²) in [6, 6.07) is 8.91. The van der Waals surface area contributed by atoms with Crippen LogP contribution in [0.1, 0.15) is 23.0 Å². The highest BCUT2D eigenvalue weighted by atomic mass is 35.5. The van der Waals surface area contributed by atoms with Crippen molar-refractivity contribution in [1.29, 1.82) is 0 Å². The number of aromatic nitrogens is 2. The van der Waals surface area contributed by atoms with Crippen molar-refractivity contribution in [3.8, 4) is 5.75 Å². The molecule has 3 rings (SSSR count). The fourth-order valence-corrected chi connectivity index (χ4v) is 2.51. The molecule has 5 nitrogen and oxygen atoms in total. The predicted molar refractivity (Wildman–Crippen MR) is 91.9 cm³/mol. The minimum Gasteiger partial charge on any atom is -0.485 e. The van der Waals surface area contributed by atoms with Crippen LogP contribution >= 0.6 is 23.2 Å². The zero-order valence-electron chi connectivity index (χ0n) is 12.8. The van der Waals surface area contributed by atoms with Crippen molar-refractivity contribution in [2.24, 2.45) is 0 Å². The molecule has 0 atom stereocenters. The summed E-state index contributed by atoms with van der Waals surface area (Å²) < 4.78 is 12.5. The standard InChI is InChI=1S/C17H14Cl2N2O3/c1-2-23-17(22)14-9-21-7-3-4-15(16(21)20-14)24-10-11-5-6-12(18)13(19)8-11/h3-9H,2,10H2,1H3. The van der Waals surface area contributed by atoms with Crippen LogP contribution in [0, 0.1) is 0 Å². The van der Waals surface area contributed by atoms with E-state index < -0.39 is 5.97 Å². The van der Waals surface area contributed by atoms with Gasteiger partial charge >= 0.3 is 5.97 Å². The van der Waals surface area contributed by atoms with E-state index in [0.29, 0.717) is 34.7 Å². The van der Waals surface area contributed by atoms with Crippen molar-refractivity contribution in [3.05, 3.63) is 64.0 Å². The molecule has 0 aliphatic rings. The van der Waals surface area contributed by atoms with Gasteiger partial charge in [-0.25, -0.2) is 9.78 Å². The number of pyridine rings is 1. The quantitative estimate of drug-likeness (QED) is 0.629. The first-order valence-corrected chi connectivity index (χ1v) is 8.05. The minimum atomic E-state index is -0.461. The van der Waals surface area contributed by atoms with E-state index in [1.165, 1.54) is 0 Å². The maximum atomic E-state index is 11.8. The van der Waals surface area contributed by atoms with Gasteiger partial charge in [-0.05, 0) is 36.8 Å². The van der Waals surface area contributed by atoms with Crippen molar-refractivity contribution in [2.45, 2.75) is 13.5 Å². The number of nitrogens with zero attached hydrogens (tertiary/aromatic N) is 2. The lowest BCUT2D eigenvalue weighted by Gasteiger charge is -2.08. The Morgan fingerprint density at radius 2 is 2.08 bits per heavy atom. The first-order valence-electron chi connectivity index (χ1n) is 7.30. The summed E-state index contributed by atoms with van der Waals surface area (Å²) in [5, 5.41) is 0.969. The lowest BCUT2D eigenvalue weighted by atomic mass is 10.2. The Morgan fingerprint density at radius 1 is 1.25 bits per heavy atom. The van der Waals surface area contributed by atoms with E-state index in [2.05, 4.69) is 4.98 Å². The molecule has 0 aliphatic carbocycles. The van der Waals surface area contributed by atoms with E-state index in [0.717, 1.165) is 5.56 Å². The highest BCUT2D eigenvalue weighted by molar-refractivity contribution is 6.42. The average Bonchev–Trinajstić information content (AvgIpc) is 3.01. The maximum Gasteiger partial charge on any atom is 0.358 e. The summed E-state index contributed by atoms with van der Waals surface area (Å²) in [4.78, 5) is 16.1. The molecule has 0 aliphatic heterocycles. The number of rotatable bonds is 5. The van der Waals surface area contributed by atoms with Crippen molar-refractivity contribution < 1.29 is 14.3 Å². The van der Waals surface area contributed by atoms with Crippen LogP contribution in [0.2, 0.25) is 10.0 Å². The number of imidazole rings is 1. The number of benzene rings is 1. The number of ether oxygens (including phenoxy) is 2. The summed E-state index contributed by atoms with van der Waals surface area (Å²) in [5.74, 6) is 0.0933. The van der Waals surface area contributed by atoms with Crippen LogP contribution in [0.15, 0.2) is 42.7 Å². The molecule has 7 heteroatoms. The number of hydrogen-bond donors (Lipinski definition) is 0. The van der Waals surface area contributed by atoms with Gasteiger partial charge in [-0.2, -0.15) is 0 Å². The van der Waals surface area contributed by atoms with Gasteiger partial charge in [0, 0.05) is 12.4 Å². The minimum absolute atomic E-state index is 0.238. The lowest BCUT2D eigenvalue weighted by Crippen LogP contribution is -2.04. The normalized spacial score (nSPS) is 10.8. The molecule has 0 fully saturated rings. The van der Waals surface area contributed by atoms with Crippen LogP contribution in [-0.4, -0.2) is 22.0 Å². The second kappa shape index (κ2) is 7.11. The van der Waals surface area contributed by atoms with E-state index in [1.807, 2.05) is 12.1 Å². The van der Waals surface area contributed by atoms with Crippen LogP contribution in [0.3, 0.4) is 0 Å². The molecule has 0 saturated carbocycles. The van der Waals surface area contributed by atoms with E-state index >= 15 is 0 Å². The van der Waals surface area contributed by atoms with Crippen molar-refractivity contribution >= 4 is 34.8 Å². The van der Waals surface area contributed by atoms with Gasteiger partial charge in [-0.15, -0.1) is 0 Å². The van der Waals surface area contributed by atoms with E-state index in [-0.39, 0.29) is 5.69 Å². The molecule has 0 bridgehead atoms. The number of halogens is 2. The van der Waals surface area contributed by atoms with Gasteiger partial charge in [0.2, 0.25) is 0 Å². The van der Waals surface area contributed by atoms with Gasteiger partial charge in [0.05, 0.1) is 16.7 Å². The summed E-state index contributed by atoms with van der Waals surface area (Å²) in [5.41, 5.74) is 1.66. The predicted octanol–water partition coefficient (Wildman–Crippen LogP) is 4.40. The second-order valence-corrected chi connectivity index (χ2v) is 5.80. The molecule has 2 aromatic heterocycles. The smallest absolute Gasteiger partial charge is 0.358 e. The average molecular weight is 365 g/mol. The molecule has 3 aromatic rings. The van der Waals surface area contributed by atoms with Crippen LogP contribution in [0.25, 0.3) is 5.65 Å². The molecule has 24 heavy (non-hydrogen) atoms. The maximum absolute atomic E-state index is 11.8. The number of fused-ring (bicyclic) bond motifs is 1. The molecule has 1 aromatic carbocycles. The Bertz CT molecular complexity index is 893. The highest BCUT2D eigenvalue weighted by Gasteiger charge is 2.14. The third-order valence-corrected chi connectivity index (χ3v) is 4.05. The SMILES string of the molecule is CCOC(=O)c1cn2cccc(OCc3ccc(Cl)c(Cl)c3)c2n1. The molecule has 124 valence electrons. The van der Waals surface area contributed by atoms with Gasteiger partial charge < -0.3 is 13.9 Å². The Morgan fingerprint density at radius 3 is 2.83 bits per heavy atom. The monoisotopic (exact) mass is 364 g/mol. The third-order valence-electron chi connectivity index (χ3n) is 3.31. The molecule has 2 heterocycles. The molecule has 0 spiro atoms. The molecule has 0 saturated heterocycles. The van der Waals surface area contributed by atoms with Gasteiger partial charge in [-0.1, -0.05) is 29.3 Å². The number of carbonyl (C=O) groups excluding carboxylic acids is 1. The lowest BCUT2D eigenvalue weighted by molar-refractivity contribution is 0.0520. The third kappa shape index (κ3) is 3.47. The fraction of sp³-hybridized carbons (Fsp3) is 0.176.